The van der Waals surface area contributed by atoms with Gasteiger partial charge in [0, 0.05) is 43.2 Å². The smallest absolute Gasteiger partial charge is 0.227 e. The van der Waals surface area contributed by atoms with Gasteiger partial charge in [-0.3, -0.25) is 4.79 Å². The van der Waals surface area contributed by atoms with Gasteiger partial charge in [0.1, 0.15) is 0 Å². The third kappa shape index (κ3) is 4.02. The van der Waals surface area contributed by atoms with Crippen molar-refractivity contribution in [2.45, 2.75) is 43.6 Å². The van der Waals surface area contributed by atoms with Gasteiger partial charge in [-0.15, -0.1) is 0 Å². The highest BCUT2D eigenvalue weighted by atomic mass is 16.3. The molecule has 186 valence electrons. The van der Waals surface area contributed by atoms with E-state index in [0.29, 0.717) is 19.5 Å². The normalized spacial score (nSPS) is 25.1. The largest absolute Gasteiger partial charge is 0.393 e. The van der Waals surface area contributed by atoms with Gasteiger partial charge in [0.2, 0.25) is 5.91 Å². The topological polar surface area (TPSA) is 43.8 Å². The lowest BCUT2D eigenvalue weighted by Crippen LogP contribution is -2.48. The van der Waals surface area contributed by atoms with Gasteiger partial charge in [-0.05, 0) is 54.4 Å². The molecule has 2 aliphatic heterocycles. The summed E-state index contributed by atoms with van der Waals surface area (Å²) in [6.45, 7) is 3.47. The van der Waals surface area contributed by atoms with Crippen LogP contribution in [0.25, 0.3) is 0 Å². The number of fused-ring (bicyclic) bond motifs is 1. The molecule has 0 spiro atoms. The fourth-order valence-electron chi connectivity index (χ4n) is 7.28. The second kappa shape index (κ2) is 9.74. The van der Waals surface area contributed by atoms with E-state index < -0.39 is 0 Å². The summed E-state index contributed by atoms with van der Waals surface area (Å²) in [6, 6.07) is 30.0. The van der Waals surface area contributed by atoms with Crippen molar-refractivity contribution in [1.82, 2.24) is 4.90 Å². The molecule has 0 radical (unpaired) electrons. The molecule has 4 heteroatoms. The molecule has 3 aliphatic rings. The number of para-hydroxylation sites is 1. The Balaban J connectivity index is 1.31. The first kappa shape index (κ1) is 23.3. The molecule has 3 aromatic rings. The number of aliphatic hydroxyl groups excluding tert-OH is 1. The van der Waals surface area contributed by atoms with Crippen molar-refractivity contribution in [3.05, 3.63) is 102 Å². The molecule has 2 heterocycles. The van der Waals surface area contributed by atoms with E-state index in [0.717, 1.165) is 31.5 Å². The minimum Gasteiger partial charge on any atom is -0.393 e. The van der Waals surface area contributed by atoms with E-state index >= 15 is 0 Å². The first-order valence-corrected chi connectivity index (χ1v) is 13.6. The summed E-state index contributed by atoms with van der Waals surface area (Å²) in [5.41, 5.74) is 4.73. The molecule has 0 aromatic heterocycles. The zero-order valence-electron chi connectivity index (χ0n) is 20.9. The van der Waals surface area contributed by atoms with E-state index in [1.807, 2.05) is 11.0 Å². The van der Waals surface area contributed by atoms with E-state index in [1.54, 1.807) is 0 Å². The molecule has 3 fully saturated rings. The molecule has 0 unspecified atom stereocenters. The van der Waals surface area contributed by atoms with Gasteiger partial charge in [0.05, 0.1) is 12.5 Å². The van der Waals surface area contributed by atoms with Crippen LogP contribution in [0.15, 0.2) is 84.9 Å². The van der Waals surface area contributed by atoms with Crippen molar-refractivity contribution < 1.29 is 9.90 Å². The highest BCUT2D eigenvalue weighted by molar-refractivity contribution is 5.81. The van der Waals surface area contributed by atoms with E-state index in [9.17, 15) is 9.90 Å². The number of benzene rings is 3. The lowest BCUT2D eigenvalue weighted by Gasteiger charge is -2.48. The zero-order valence-corrected chi connectivity index (χ0v) is 20.9. The van der Waals surface area contributed by atoms with Crippen molar-refractivity contribution in [2.24, 2.45) is 11.8 Å². The molecule has 1 amide bonds. The van der Waals surface area contributed by atoms with Gasteiger partial charge < -0.3 is 14.9 Å². The van der Waals surface area contributed by atoms with E-state index in [-0.39, 0.29) is 29.3 Å². The van der Waals surface area contributed by atoms with Gasteiger partial charge in [-0.25, -0.2) is 0 Å². The third-order valence-corrected chi connectivity index (χ3v) is 9.04. The van der Waals surface area contributed by atoms with Crippen molar-refractivity contribution in [2.75, 3.05) is 31.1 Å². The number of carbonyl (C=O) groups is 1. The standard InChI is InChI=1S/C32H36N2O2/c35-30-17-18-32(25-12-3-1-4-13-25,26-14-5-2-6-15-26)28-23-34(22-27(28)30)31(36)21-24-11-7-8-16-29(24)33-19-9-10-20-33/h1-8,11-16,27-28,30,35H,9-10,17-23H2/t27-,28+,30-/m0/s1. The third-order valence-electron chi connectivity index (χ3n) is 9.04. The zero-order chi connectivity index (χ0) is 24.5. The SMILES string of the molecule is O=C(Cc1ccccc1N1CCCC1)N1C[C@H]2[C@@H](C1)C(c1ccccc1)(c1ccccc1)CC[C@@H]2O. The minimum atomic E-state index is -0.370. The number of nitrogens with zero attached hydrogens (tertiary/aromatic N) is 2. The maximum absolute atomic E-state index is 13.7. The number of carbonyl (C=O) groups excluding carboxylic acids is 1. The van der Waals surface area contributed by atoms with Crippen LogP contribution in [-0.2, 0) is 16.6 Å². The van der Waals surface area contributed by atoms with Crippen LogP contribution in [0.3, 0.4) is 0 Å². The average Bonchev–Trinajstić information content (AvgIpc) is 3.62. The van der Waals surface area contributed by atoms with Gasteiger partial charge in [-0.2, -0.15) is 0 Å². The van der Waals surface area contributed by atoms with Gasteiger partial charge in [0.15, 0.2) is 0 Å². The maximum atomic E-state index is 13.7. The second-order valence-corrected chi connectivity index (χ2v) is 10.9. The Hall–Kier alpha value is -3.11. The van der Waals surface area contributed by atoms with Crippen LogP contribution in [0.4, 0.5) is 5.69 Å². The summed E-state index contributed by atoms with van der Waals surface area (Å²) >= 11 is 0. The first-order chi connectivity index (χ1) is 17.7. The van der Waals surface area contributed by atoms with Crippen LogP contribution in [0.5, 0.6) is 0 Å². The Morgan fingerprint density at radius 1 is 0.833 bits per heavy atom. The average molecular weight is 481 g/mol. The molecular formula is C32H36N2O2. The number of aliphatic hydroxyl groups is 1. The Morgan fingerprint density at radius 2 is 1.44 bits per heavy atom. The summed E-state index contributed by atoms with van der Waals surface area (Å²) in [7, 11) is 0. The monoisotopic (exact) mass is 480 g/mol. The molecule has 1 aliphatic carbocycles. The lowest BCUT2D eigenvalue weighted by atomic mass is 9.56. The Kier molecular flexibility index (Phi) is 6.30. The predicted molar refractivity (Wildman–Crippen MR) is 144 cm³/mol. The molecule has 3 aromatic carbocycles. The van der Waals surface area contributed by atoms with Crippen LogP contribution < -0.4 is 4.90 Å². The van der Waals surface area contributed by atoms with Crippen molar-refractivity contribution >= 4 is 11.6 Å². The van der Waals surface area contributed by atoms with E-state index in [4.69, 9.17) is 0 Å². The predicted octanol–water partition coefficient (Wildman–Crippen LogP) is 5.04. The van der Waals surface area contributed by atoms with Crippen LogP contribution >= 0.6 is 0 Å². The Labute approximate surface area is 214 Å². The number of hydrogen-bond acceptors (Lipinski definition) is 3. The number of hydrogen-bond donors (Lipinski definition) is 1. The van der Waals surface area contributed by atoms with Gasteiger partial charge >= 0.3 is 0 Å². The highest BCUT2D eigenvalue weighted by Gasteiger charge is 2.55. The Bertz CT molecular complexity index is 1150. The molecule has 6 rings (SSSR count). The first-order valence-electron chi connectivity index (χ1n) is 13.6. The van der Waals surface area contributed by atoms with Gasteiger partial charge in [-0.1, -0.05) is 78.9 Å². The minimum absolute atomic E-state index is 0.0805. The van der Waals surface area contributed by atoms with Crippen molar-refractivity contribution in [3.63, 3.8) is 0 Å². The van der Waals surface area contributed by atoms with Crippen LogP contribution in [-0.4, -0.2) is 48.2 Å². The Morgan fingerprint density at radius 3 is 2.11 bits per heavy atom. The summed E-state index contributed by atoms with van der Waals surface area (Å²) in [4.78, 5) is 18.2. The van der Waals surface area contributed by atoms with Crippen LogP contribution in [0.1, 0.15) is 42.4 Å². The molecule has 3 atom stereocenters. The van der Waals surface area contributed by atoms with Crippen molar-refractivity contribution in [1.29, 1.82) is 0 Å². The van der Waals surface area contributed by atoms with E-state index in [1.165, 1.54) is 29.7 Å². The molecule has 0 bridgehead atoms. The number of rotatable bonds is 5. The number of likely N-dealkylation sites (tertiary alicyclic amines) is 1. The van der Waals surface area contributed by atoms with Crippen LogP contribution in [0, 0.1) is 11.8 Å². The molecule has 36 heavy (non-hydrogen) atoms. The summed E-state index contributed by atoms with van der Waals surface area (Å²) in [5, 5.41) is 11.1. The fraction of sp³-hybridized carbons (Fsp3) is 0.406. The second-order valence-electron chi connectivity index (χ2n) is 10.9. The quantitative estimate of drug-likeness (QED) is 0.556. The lowest BCUT2D eigenvalue weighted by molar-refractivity contribution is -0.129. The van der Waals surface area contributed by atoms with Crippen molar-refractivity contribution in [3.8, 4) is 0 Å². The van der Waals surface area contributed by atoms with Gasteiger partial charge in [0.25, 0.3) is 0 Å². The summed E-state index contributed by atoms with van der Waals surface area (Å²) < 4.78 is 0. The molecule has 2 saturated heterocycles. The molecular weight excluding hydrogens is 444 g/mol. The summed E-state index contributed by atoms with van der Waals surface area (Å²) in [6.07, 6.45) is 4.14. The van der Waals surface area contributed by atoms with E-state index in [2.05, 4.69) is 83.8 Å². The molecule has 1 N–H and O–H groups in total. The molecule has 1 saturated carbocycles. The fourth-order valence-corrected chi connectivity index (χ4v) is 7.28. The highest BCUT2D eigenvalue weighted by Crippen LogP contribution is 2.53. The summed E-state index contributed by atoms with van der Waals surface area (Å²) in [5.74, 6) is 0.444. The molecule has 4 nitrogen and oxygen atoms in total. The number of anilines is 1. The van der Waals surface area contributed by atoms with Crippen LogP contribution in [0.2, 0.25) is 0 Å². The number of amides is 1. The maximum Gasteiger partial charge on any atom is 0.227 e.